The fraction of sp³-hybridized carbons (Fsp3) is 0.316. The Bertz CT molecular complexity index is 729. The molecule has 1 aromatic heterocycles. The Labute approximate surface area is 158 Å². The number of anilines is 2. The molecule has 0 saturated carbocycles. The van der Waals surface area contributed by atoms with Crippen LogP contribution in [0, 0.1) is 11.7 Å². The number of hydrogen-bond acceptors (Lipinski definition) is 5. The van der Waals surface area contributed by atoms with E-state index in [1.807, 2.05) is 13.8 Å². The van der Waals surface area contributed by atoms with Gasteiger partial charge >= 0.3 is 0 Å². The molecule has 7 nitrogen and oxygen atoms in total. The van der Waals surface area contributed by atoms with Crippen molar-refractivity contribution in [1.29, 1.82) is 0 Å². The highest BCUT2D eigenvalue weighted by atomic mass is 19.1. The minimum Gasteiger partial charge on any atom is -0.501 e. The number of nitrogens with one attached hydrogen (secondary N) is 3. The lowest BCUT2D eigenvalue weighted by Crippen LogP contribution is -2.14. The lowest BCUT2D eigenvalue weighted by atomic mass is 10.1. The number of allylic oxidation sites excluding steroid dienone is 1. The number of carbonyl (C=O) groups excluding carboxylic acids is 2. The number of H-pyrrole nitrogens is 1. The average molecular weight is 376 g/mol. The first-order chi connectivity index (χ1) is 13.1. The van der Waals surface area contributed by atoms with Gasteiger partial charge in [0.2, 0.25) is 0 Å². The van der Waals surface area contributed by atoms with Gasteiger partial charge in [0.25, 0.3) is 5.91 Å². The second-order valence-electron chi connectivity index (χ2n) is 5.16. The molecular formula is C19H25FN4O3. The quantitative estimate of drug-likeness (QED) is 0.709. The van der Waals surface area contributed by atoms with Crippen LogP contribution in [-0.4, -0.2) is 36.0 Å². The molecule has 1 aromatic carbocycles. The summed E-state index contributed by atoms with van der Waals surface area (Å²) in [7, 11) is 1.69. The summed E-state index contributed by atoms with van der Waals surface area (Å²) in [6.45, 7) is 4.68. The van der Waals surface area contributed by atoms with E-state index < -0.39 is 0 Å². The standard InChI is InChI=1S/C11H11FN4O.C6H8O2.C2H6/c1-13-9-6-14-16-10(9)11(17)15-8-4-2-7(12)3-5-8;7-5-6-1-3-8-4-2-6;1-2/h2-6,13H,1H3,(H,14,16)(H,15,17);1,3,5-6H,2,4H2;1-2H3. The van der Waals surface area contributed by atoms with E-state index in [1.54, 1.807) is 19.4 Å². The summed E-state index contributed by atoms with van der Waals surface area (Å²) in [6, 6.07) is 5.54. The molecule has 1 atom stereocenters. The summed E-state index contributed by atoms with van der Waals surface area (Å²) in [6.07, 6.45) is 6.65. The van der Waals surface area contributed by atoms with Crippen LogP contribution >= 0.6 is 0 Å². The molecule has 0 saturated heterocycles. The Morgan fingerprint density at radius 1 is 1.33 bits per heavy atom. The van der Waals surface area contributed by atoms with E-state index in [1.165, 1.54) is 30.5 Å². The number of carbonyl (C=O) groups is 2. The van der Waals surface area contributed by atoms with Gasteiger partial charge in [-0.25, -0.2) is 4.39 Å². The first kappa shape index (κ1) is 21.9. The monoisotopic (exact) mass is 376 g/mol. The van der Waals surface area contributed by atoms with Gasteiger partial charge in [-0.1, -0.05) is 13.8 Å². The van der Waals surface area contributed by atoms with Crippen LogP contribution < -0.4 is 10.6 Å². The Kier molecular flexibility index (Phi) is 9.92. The molecule has 1 aliphatic heterocycles. The van der Waals surface area contributed by atoms with Crippen LogP contribution in [0.5, 0.6) is 0 Å². The van der Waals surface area contributed by atoms with Crippen molar-refractivity contribution in [2.75, 3.05) is 24.3 Å². The summed E-state index contributed by atoms with van der Waals surface area (Å²) in [5.41, 5.74) is 1.45. The summed E-state index contributed by atoms with van der Waals surface area (Å²) in [4.78, 5) is 21.9. The zero-order chi connectivity index (χ0) is 20.1. The lowest BCUT2D eigenvalue weighted by molar-refractivity contribution is -0.110. The SMILES string of the molecule is CC.CNc1cn[nH]c1C(=O)Nc1ccc(F)cc1.O=CC1C=COCC1. The lowest BCUT2D eigenvalue weighted by Gasteiger charge is -2.09. The van der Waals surface area contributed by atoms with Gasteiger partial charge in [-0.2, -0.15) is 5.10 Å². The molecule has 2 heterocycles. The third-order valence-electron chi connectivity index (χ3n) is 3.40. The van der Waals surface area contributed by atoms with Gasteiger partial charge in [0.1, 0.15) is 17.8 Å². The second kappa shape index (κ2) is 12.2. The Balaban J connectivity index is 0.000000305. The molecule has 0 bridgehead atoms. The van der Waals surface area contributed by atoms with Crippen LogP contribution in [-0.2, 0) is 9.53 Å². The first-order valence-electron chi connectivity index (χ1n) is 8.65. The van der Waals surface area contributed by atoms with Gasteiger partial charge in [0.05, 0.1) is 24.8 Å². The van der Waals surface area contributed by atoms with Gasteiger partial charge in [-0.05, 0) is 36.8 Å². The van der Waals surface area contributed by atoms with Crippen LogP contribution in [0.2, 0.25) is 0 Å². The van der Waals surface area contributed by atoms with Crippen molar-refractivity contribution in [2.24, 2.45) is 5.92 Å². The summed E-state index contributed by atoms with van der Waals surface area (Å²) in [5.74, 6) is -0.581. The number of nitrogens with zero attached hydrogens (tertiary/aromatic N) is 1. The maximum Gasteiger partial charge on any atom is 0.275 e. The topological polar surface area (TPSA) is 96.1 Å². The highest BCUT2D eigenvalue weighted by molar-refractivity contribution is 6.06. The number of ether oxygens (including phenoxy) is 1. The van der Waals surface area contributed by atoms with Crippen LogP contribution in [0.1, 0.15) is 30.8 Å². The Morgan fingerprint density at radius 3 is 2.56 bits per heavy atom. The van der Waals surface area contributed by atoms with E-state index in [0.29, 0.717) is 23.7 Å². The number of aldehydes is 1. The molecule has 3 N–H and O–H groups in total. The van der Waals surface area contributed by atoms with Crippen molar-refractivity contribution in [2.45, 2.75) is 20.3 Å². The number of amides is 1. The highest BCUT2D eigenvalue weighted by Crippen LogP contribution is 2.14. The zero-order valence-corrected chi connectivity index (χ0v) is 15.7. The van der Waals surface area contributed by atoms with E-state index in [9.17, 15) is 14.0 Å². The van der Waals surface area contributed by atoms with Crippen LogP contribution in [0.3, 0.4) is 0 Å². The van der Waals surface area contributed by atoms with E-state index >= 15 is 0 Å². The van der Waals surface area contributed by atoms with Crippen LogP contribution in [0.15, 0.2) is 42.8 Å². The molecule has 3 rings (SSSR count). The van der Waals surface area contributed by atoms with Gasteiger partial charge in [-0.3, -0.25) is 9.89 Å². The van der Waals surface area contributed by atoms with Gasteiger partial charge in [0, 0.05) is 18.7 Å². The van der Waals surface area contributed by atoms with Crippen molar-refractivity contribution < 1.29 is 18.7 Å². The fourth-order valence-electron chi connectivity index (χ4n) is 2.01. The van der Waals surface area contributed by atoms with Crippen LogP contribution in [0.4, 0.5) is 15.8 Å². The van der Waals surface area contributed by atoms with E-state index in [0.717, 1.165) is 12.7 Å². The molecule has 2 aromatic rings. The van der Waals surface area contributed by atoms with E-state index in [4.69, 9.17) is 4.74 Å². The van der Waals surface area contributed by atoms with Gasteiger partial charge < -0.3 is 20.2 Å². The fourth-order valence-corrected chi connectivity index (χ4v) is 2.01. The summed E-state index contributed by atoms with van der Waals surface area (Å²) >= 11 is 0. The van der Waals surface area contributed by atoms with Crippen molar-refractivity contribution in [3.8, 4) is 0 Å². The third kappa shape index (κ3) is 7.31. The smallest absolute Gasteiger partial charge is 0.275 e. The Hall–Kier alpha value is -3.16. The number of aromatic amines is 1. The molecule has 1 amide bonds. The second-order valence-corrected chi connectivity index (χ2v) is 5.16. The number of hydrogen-bond donors (Lipinski definition) is 3. The third-order valence-corrected chi connectivity index (χ3v) is 3.40. The number of aromatic nitrogens is 2. The van der Waals surface area contributed by atoms with E-state index in [2.05, 4.69) is 20.8 Å². The molecular weight excluding hydrogens is 351 g/mol. The Morgan fingerprint density at radius 2 is 2.04 bits per heavy atom. The molecule has 8 heteroatoms. The maximum atomic E-state index is 12.7. The minimum absolute atomic E-state index is 0.101. The van der Waals surface area contributed by atoms with Crippen molar-refractivity contribution in [3.63, 3.8) is 0 Å². The molecule has 0 fully saturated rings. The molecule has 0 spiro atoms. The summed E-state index contributed by atoms with van der Waals surface area (Å²) in [5, 5.41) is 11.8. The molecule has 27 heavy (non-hydrogen) atoms. The van der Waals surface area contributed by atoms with Crippen molar-refractivity contribution in [3.05, 3.63) is 54.3 Å². The molecule has 1 unspecified atom stereocenters. The van der Waals surface area contributed by atoms with Crippen molar-refractivity contribution in [1.82, 2.24) is 10.2 Å². The molecule has 0 radical (unpaired) electrons. The summed E-state index contributed by atoms with van der Waals surface area (Å²) < 4.78 is 17.5. The first-order valence-corrected chi connectivity index (χ1v) is 8.65. The van der Waals surface area contributed by atoms with E-state index in [-0.39, 0.29) is 17.6 Å². The molecule has 0 aliphatic carbocycles. The minimum atomic E-state index is -0.347. The number of rotatable bonds is 4. The highest BCUT2D eigenvalue weighted by Gasteiger charge is 2.12. The predicted molar refractivity (Wildman–Crippen MR) is 103 cm³/mol. The largest absolute Gasteiger partial charge is 0.501 e. The van der Waals surface area contributed by atoms with Crippen LogP contribution in [0.25, 0.3) is 0 Å². The zero-order valence-electron chi connectivity index (χ0n) is 15.7. The number of halogens is 1. The van der Waals surface area contributed by atoms with Crippen molar-refractivity contribution >= 4 is 23.6 Å². The average Bonchev–Trinajstić information content (AvgIpc) is 3.21. The van der Waals surface area contributed by atoms with Gasteiger partial charge in [0.15, 0.2) is 0 Å². The predicted octanol–water partition coefficient (Wildman–Crippen LogP) is 3.60. The van der Waals surface area contributed by atoms with Gasteiger partial charge in [-0.15, -0.1) is 0 Å². The number of benzene rings is 1. The normalized spacial score (nSPS) is 14.4. The maximum absolute atomic E-state index is 12.7. The molecule has 146 valence electrons. The molecule has 1 aliphatic rings.